The molecule has 7 nitrogen and oxygen atoms in total. The molecule has 0 saturated carbocycles. The minimum absolute atomic E-state index is 0.278. The number of fused-ring (bicyclic) bond motifs is 2. The minimum Gasteiger partial charge on any atom is -0.368 e. The average Bonchev–Trinajstić information content (AvgIpc) is 3.11. The van der Waals surface area contributed by atoms with E-state index in [1.54, 1.807) is 21.8 Å². The summed E-state index contributed by atoms with van der Waals surface area (Å²) in [7, 11) is 2.34. The van der Waals surface area contributed by atoms with E-state index in [-0.39, 0.29) is 4.90 Å². The van der Waals surface area contributed by atoms with Crippen LogP contribution in [0.2, 0.25) is 14.8 Å². The Bertz CT molecular complexity index is 2030. The number of hydrogen-bond donors (Lipinski definition) is 1. The van der Waals surface area contributed by atoms with E-state index >= 15 is 0 Å². The fourth-order valence-corrected chi connectivity index (χ4v) is 10.9. The maximum absolute atomic E-state index is 12.2. The van der Waals surface area contributed by atoms with E-state index in [0.717, 1.165) is 63.5 Å². The second-order valence-electron chi connectivity index (χ2n) is 14.5. The van der Waals surface area contributed by atoms with Crippen LogP contribution in [0.15, 0.2) is 102 Å². The predicted molar refractivity (Wildman–Crippen MR) is 212 cm³/mol. The molecule has 0 atom stereocenters. The summed E-state index contributed by atoms with van der Waals surface area (Å²) < 4.78 is 28.3. The molecule has 9 heteroatoms. The van der Waals surface area contributed by atoms with Gasteiger partial charge in [-0.1, -0.05) is 36.4 Å². The summed E-state index contributed by atoms with van der Waals surface area (Å²) >= 11 is -2.01. The molecule has 0 aliphatic carbocycles. The van der Waals surface area contributed by atoms with E-state index in [9.17, 15) is 8.42 Å². The summed E-state index contributed by atoms with van der Waals surface area (Å²) in [5.41, 5.74) is 4.58. The third-order valence-electron chi connectivity index (χ3n) is 10.0. The molecule has 2 fully saturated rings. The van der Waals surface area contributed by atoms with Crippen LogP contribution in [0.4, 0.5) is 11.4 Å². The molecule has 1 N–H and O–H groups in total. The molecule has 7 rings (SSSR count). The van der Waals surface area contributed by atoms with Gasteiger partial charge in [-0.2, -0.15) is 0 Å². The number of piperazine rings is 2. The molecule has 0 bridgehead atoms. The van der Waals surface area contributed by atoms with Crippen LogP contribution in [0.25, 0.3) is 32.7 Å². The van der Waals surface area contributed by atoms with Crippen molar-refractivity contribution < 1.29 is 8.42 Å². The molecular weight excluding hydrogens is 733 g/mol. The number of nitrogens with one attached hydrogen (secondary N) is 1. The molecule has 0 radical (unpaired) electrons. The number of rotatable bonds is 6. The molecule has 2 aliphatic heterocycles. The van der Waals surface area contributed by atoms with Crippen molar-refractivity contribution in [2.45, 2.75) is 19.7 Å². The van der Waals surface area contributed by atoms with E-state index in [4.69, 9.17) is 0 Å². The summed E-state index contributed by atoms with van der Waals surface area (Å²) in [6.07, 6.45) is 0. The molecule has 2 aliphatic rings. The molecule has 0 unspecified atom stereocenters. The second-order valence-corrected chi connectivity index (χ2v) is 30.9. The molecule has 258 valence electrons. The Labute approximate surface area is 297 Å². The van der Waals surface area contributed by atoms with Crippen molar-refractivity contribution in [3.05, 3.63) is 97.1 Å². The average molecular weight is 785 g/mol. The largest absolute Gasteiger partial charge is 0.368 e. The summed E-state index contributed by atoms with van der Waals surface area (Å²) in [6, 6.07) is 33.8. The zero-order valence-electron chi connectivity index (χ0n) is 29.9. The van der Waals surface area contributed by atoms with Crippen LogP contribution in [-0.4, -0.2) is 110 Å². The van der Waals surface area contributed by atoms with Gasteiger partial charge in [-0.25, -0.2) is 13.1 Å². The van der Waals surface area contributed by atoms with Gasteiger partial charge < -0.3 is 9.80 Å². The van der Waals surface area contributed by atoms with E-state index in [0.29, 0.717) is 0 Å². The van der Waals surface area contributed by atoms with Crippen LogP contribution < -0.4 is 18.1 Å². The smallest absolute Gasteiger partial charge is 0.240 e. The first-order chi connectivity index (χ1) is 23.4. The predicted octanol–water partition coefficient (Wildman–Crippen LogP) is 6.30. The molecule has 0 aromatic heterocycles. The Kier molecular flexibility index (Phi) is 10.9. The second kappa shape index (κ2) is 15.0. The standard InChI is InChI=1S/C22H25N3O2S.C15H17N2.3CH3.Sn/c1-23-28(26,27)20-7-3-6-18(15-20)19-10-9-17-5-4-8-22(21(17)16-19)25-13-11-24(2)12-14-25;1-16-9-11-17(12-10-16)15-8-4-6-13-5-2-3-7-14(13)15;;;;/h3-10,15-16,23H,11-14H2,1-2H3;2,4-8H,9-12H2,1H3;3*1H3;. The summed E-state index contributed by atoms with van der Waals surface area (Å²) in [5, 5.41) is 5.22. The zero-order valence-corrected chi connectivity index (χ0v) is 33.6. The van der Waals surface area contributed by atoms with Gasteiger partial charge >= 0.3 is 133 Å². The van der Waals surface area contributed by atoms with Crippen molar-refractivity contribution in [3.63, 3.8) is 0 Å². The Morgan fingerprint density at radius 3 is 1.59 bits per heavy atom. The van der Waals surface area contributed by atoms with E-state index < -0.39 is 28.4 Å². The maximum atomic E-state index is 12.2. The molecule has 0 amide bonds. The van der Waals surface area contributed by atoms with Gasteiger partial charge in [0.25, 0.3) is 0 Å². The van der Waals surface area contributed by atoms with Crippen LogP contribution in [0.1, 0.15) is 0 Å². The van der Waals surface area contributed by atoms with Crippen LogP contribution in [0, 0.1) is 0 Å². The Hall–Kier alpha value is -3.15. The number of sulfonamides is 1. The quantitative estimate of drug-likeness (QED) is 0.204. The van der Waals surface area contributed by atoms with Gasteiger partial charge in [0.1, 0.15) is 0 Å². The fraction of sp³-hybridized carbons (Fsp3) is 0.350. The van der Waals surface area contributed by atoms with Crippen molar-refractivity contribution in [1.29, 1.82) is 0 Å². The van der Waals surface area contributed by atoms with E-state index in [1.807, 2.05) is 6.07 Å². The molecule has 2 saturated heterocycles. The van der Waals surface area contributed by atoms with Gasteiger partial charge in [-0.15, -0.1) is 0 Å². The van der Waals surface area contributed by atoms with Gasteiger partial charge in [-0.3, -0.25) is 0 Å². The minimum atomic E-state index is -3.46. The Morgan fingerprint density at radius 1 is 0.571 bits per heavy atom. The van der Waals surface area contributed by atoms with Crippen LogP contribution in [0.3, 0.4) is 0 Å². The van der Waals surface area contributed by atoms with Gasteiger partial charge in [0.05, 0.1) is 4.90 Å². The summed E-state index contributed by atoms with van der Waals surface area (Å²) in [5.74, 6) is 0. The zero-order chi connectivity index (χ0) is 34.8. The van der Waals surface area contributed by atoms with Crippen molar-refractivity contribution >= 4 is 64.9 Å². The van der Waals surface area contributed by atoms with Gasteiger partial charge in [-0.05, 0) is 54.9 Å². The Morgan fingerprint density at radius 2 is 1.06 bits per heavy atom. The molecular formula is C40H51N5O2SSn. The van der Waals surface area contributed by atoms with Crippen molar-refractivity contribution in [1.82, 2.24) is 14.5 Å². The van der Waals surface area contributed by atoms with E-state index in [1.165, 1.54) is 40.0 Å². The fourth-order valence-electron chi connectivity index (χ4n) is 6.77. The summed E-state index contributed by atoms with van der Waals surface area (Å²) in [6.45, 7) is 8.73. The number of benzene rings is 5. The topological polar surface area (TPSA) is 59.1 Å². The van der Waals surface area contributed by atoms with Gasteiger partial charge in [0, 0.05) is 37.3 Å². The van der Waals surface area contributed by atoms with Gasteiger partial charge in [0.15, 0.2) is 0 Å². The van der Waals surface area contributed by atoms with Crippen molar-refractivity contribution in [2.24, 2.45) is 0 Å². The maximum Gasteiger partial charge on any atom is 0.240 e. The number of likely N-dealkylation sites (N-methyl/N-ethyl adjacent to an activating group) is 2. The third-order valence-corrected chi connectivity index (χ3v) is 17.3. The monoisotopic (exact) mass is 785 g/mol. The Balaban J connectivity index is 0.000000177. The van der Waals surface area contributed by atoms with Crippen LogP contribution in [0.5, 0.6) is 0 Å². The van der Waals surface area contributed by atoms with Gasteiger partial charge in [0.2, 0.25) is 10.0 Å². The van der Waals surface area contributed by atoms with Crippen molar-refractivity contribution in [3.8, 4) is 11.1 Å². The molecule has 5 aromatic rings. The number of nitrogens with zero attached hydrogens (tertiary/aromatic N) is 4. The SMILES string of the molecule is CN1CCN(c2cccc3cc[c]([Sn]([CH3])([CH3])[CH3])cc23)CC1.CNS(=O)(=O)c1cccc(-c2ccc3cccc(N4CCN(C)CC4)c3c2)c1. The summed E-state index contributed by atoms with van der Waals surface area (Å²) in [4.78, 5) is 17.5. The van der Waals surface area contributed by atoms with Crippen molar-refractivity contribution in [2.75, 3.05) is 83.3 Å². The first kappa shape index (κ1) is 35.7. The third kappa shape index (κ3) is 8.26. The number of anilines is 2. The molecule has 49 heavy (non-hydrogen) atoms. The molecule has 2 heterocycles. The number of hydrogen-bond acceptors (Lipinski definition) is 6. The normalized spacial score (nSPS) is 16.5. The molecule has 0 spiro atoms. The first-order valence-corrected chi connectivity index (χ1v) is 28.9. The van der Waals surface area contributed by atoms with Crippen LogP contribution >= 0.6 is 0 Å². The first-order valence-electron chi connectivity index (χ1n) is 17.4. The molecule has 5 aromatic carbocycles. The van der Waals surface area contributed by atoms with Crippen LogP contribution in [-0.2, 0) is 10.0 Å². The van der Waals surface area contributed by atoms with E-state index in [2.05, 4.69) is 126 Å².